The third-order valence-corrected chi connectivity index (χ3v) is 5.20. The summed E-state index contributed by atoms with van der Waals surface area (Å²) in [4.78, 5) is 25.1. The van der Waals surface area contributed by atoms with Crippen molar-refractivity contribution >= 4 is 29.2 Å². The topological polar surface area (TPSA) is 85.2 Å². The molecule has 3 aromatic rings. The number of fused-ring (bicyclic) bond motifs is 1. The molecule has 0 bridgehead atoms. The molecule has 1 unspecified atom stereocenters. The van der Waals surface area contributed by atoms with Gasteiger partial charge in [-0.1, -0.05) is 54.1 Å². The summed E-state index contributed by atoms with van der Waals surface area (Å²) in [5.74, 6) is 0.0884. The number of ether oxygens (including phenoxy) is 1. The second-order valence-electron chi connectivity index (χ2n) is 7.03. The van der Waals surface area contributed by atoms with Crippen molar-refractivity contribution in [1.82, 2.24) is 15.1 Å². The molecule has 0 saturated carbocycles. The Balaban J connectivity index is 1.56. The maximum atomic E-state index is 12.6. The number of nitrogens with zero attached hydrogens (tertiary/aromatic N) is 2. The molecule has 0 fully saturated rings. The Morgan fingerprint density at radius 1 is 1.20 bits per heavy atom. The molecule has 4 rings (SSSR count). The van der Waals surface area contributed by atoms with Crippen LogP contribution in [-0.2, 0) is 27.5 Å². The lowest BCUT2D eigenvalue weighted by molar-refractivity contribution is -0.126. The molecule has 1 aliphatic rings. The van der Waals surface area contributed by atoms with E-state index < -0.39 is 6.04 Å². The monoisotopic (exact) mass is 424 g/mol. The van der Waals surface area contributed by atoms with Crippen LogP contribution in [0.15, 0.2) is 54.6 Å². The molecule has 2 N–H and O–H groups in total. The maximum absolute atomic E-state index is 12.6. The fourth-order valence-corrected chi connectivity index (χ4v) is 3.64. The number of anilines is 1. The minimum Gasteiger partial charge on any atom is -0.378 e. The van der Waals surface area contributed by atoms with Gasteiger partial charge in [0.1, 0.15) is 11.9 Å². The first-order chi connectivity index (χ1) is 14.6. The molecule has 2 heterocycles. The third-order valence-electron chi connectivity index (χ3n) is 4.95. The first kappa shape index (κ1) is 20.1. The van der Waals surface area contributed by atoms with Crippen molar-refractivity contribution in [2.45, 2.75) is 25.6 Å². The maximum Gasteiger partial charge on any atom is 0.251 e. The van der Waals surface area contributed by atoms with Crippen molar-refractivity contribution in [3.05, 3.63) is 70.9 Å². The zero-order valence-electron chi connectivity index (χ0n) is 16.4. The van der Waals surface area contributed by atoms with Crippen molar-refractivity contribution in [2.75, 3.05) is 12.4 Å². The van der Waals surface area contributed by atoms with Crippen LogP contribution >= 0.6 is 11.6 Å². The summed E-state index contributed by atoms with van der Waals surface area (Å²) in [6, 6.07) is 16.2. The number of nitrogens with one attached hydrogen (secondary N) is 2. The van der Waals surface area contributed by atoms with E-state index in [2.05, 4.69) is 15.7 Å². The van der Waals surface area contributed by atoms with Gasteiger partial charge in [0.25, 0.3) is 5.91 Å². The normalized spacial score (nSPS) is 15.0. The number of carbonyl (C=O) groups is 2. The van der Waals surface area contributed by atoms with Gasteiger partial charge in [-0.15, -0.1) is 0 Å². The summed E-state index contributed by atoms with van der Waals surface area (Å²) in [5, 5.41) is 10.9. The number of halogens is 1. The van der Waals surface area contributed by atoms with E-state index in [4.69, 9.17) is 16.3 Å². The zero-order chi connectivity index (χ0) is 21.1. The van der Waals surface area contributed by atoms with Gasteiger partial charge in [0.15, 0.2) is 0 Å². The van der Waals surface area contributed by atoms with Gasteiger partial charge in [0, 0.05) is 24.2 Å². The Kier molecular flexibility index (Phi) is 5.83. The van der Waals surface area contributed by atoms with Gasteiger partial charge >= 0.3 is 0 Å². The molecule has 1 atom stereocenters. The summed E-state index contributed by atoms with van der Waals surface area (Å²) in [6.07, 6.45) is -0.000172. The number of benzene rings is 2. The van der Waals surface area contributed by atoms with Gasteiger partial charge in [-0.25, -0.2) is 4.68 Å². The molecule has 8 heteroatoms. The number of rotatable bonds is 7. The average molecular weight is 425 g/mol. The largest absolute Gasteiger partial charge is 0.378 e. The van der Waals surface area contributed by atoms with E-state index in [1.807, 2.05) is 42.5 Å². The minimum atomic E-state index is -0.715. The summed E-state index contributed by atoms with van der Waals surface area (Å²) in [7, 11) is 1.59. The van der Waals surface area contributed by atoms with Gasteiger partial charge in [-0.2, -0.15) is 5.10 Å². The Bertz CT molecular complexity index is 1060. The number of hydrogen-bond acceptors (Lipinski definition) is 4. The Morgan fingerprint density at radius 3 is 2.63 bits per heavy atom. The van der Waals surface area contributed by atoms with E-state index in [0.717, 1.165) is 16.7 Å². The third kappa shape index (κ3) is 4.08. The highest BCUT2D eigenvalue weighted by molar-refractivity contribution is 6.30. The van der Waals surface area contributed by atoms with Crippen LogP contribution in [0.1, 0.15) is 23.7 Å². The van der Waals surface area contributed by atoms with E-state index in [1.165, 1.54) is 0 Å². The number of methoxy groups -OCH3 is 1. The predicted octanol–water partition coefficient (Wildman–Crippen LogP) is 3.55. The molecular weight excluding hydrogens is 404 g/mol. The number of aromatic nitrogens is 2. The van der Waals surface area contributed by atoms with Crippen molar-refractivity contribution in [2.24, 2.45) is 0 Å². The van der Waals surface area contributed by atoms with Crippen LogP contribution in [0.3, 0.4) is 0 Å². The van der Waals surface area contributed by atoms with Crippen LogP contribution in [0, 0.1) is 0 Å². The van der Waals surface area contributed by atoms with Crippen LogP contribution in [0.2, 0.25) is 5.02 Å². The molecular formula is C22H21ClN4O3. The van der Waals surface area contributed by atoms with Gasteiger partial charge < -0.3 is 15.4 Å². The molecule has 154 valence electrons. The quantitative estimate of drug-likeness (QED) is 0.607. The second kappa shape index (κ2) is 8.69. The smallest absolute Gasteiger partial charge is 0.251 e. The number of hydrogen-bond donors (Lipinski definition) is 2. The molecule has 1 aromatic heterocycles. The van der Waals surface area contributed by atoms with Crippen molar-refractivity contribution in [1.29, 1.82) is 0 Å². The second-order valence-corrected chi connectivity index (χ2v) is 7.46. The number of carbonyl (C=O) groups excluding carboxylic acids is 2. The van der Waals surface area contributed by atoms with Gasteiger partial charge in [0.2, 0.25) is 5.91 Å². The lowest BCUT2D eigenvalue weighted by atomic mass is 10.1. The van der Waals surface area contributed by atoms with Gasteiger partial charge in [-0.3, -0.25) is 9.59 Å². The lowest BCUT2D eigenvalue weighted by Crippen LogP contribution is -2.28. The molecule has 7 nitrogen and oxygen atoms in total. The standard InChI is InChI=1S/C22H21ClN4O3/c1-30-13-17-20(15-7-9-16(23)10-8-15)21-25-22(29)18(27(21)26-17)11-19(28)24-12-14-5-3-2-4-6-14/h2-10,18H,11-13H2,1H3,(H,24,28)(H,25,29). The Labute approximate surface area is 179 Å². The molecule has 0 aliphatic carbocycles. The van der Waals surface area contributed by atoms with Crippen molar-refractivity contribution < 1.29 is 14.3 Å². The summed E-state index contributed by atoms with van der Waals surface area (Å²) in [5.41, 5.74) is 3.31. The summed E-state index contributed by atoms with van der Waals surface area (Å²) < 4.78 is 6.87. The van der Waals surface area contributed by atoms with E-state index in [-0.39, 0.29) is 24.8 Å². The van der Waals surface area contributed by atoms with E-state index in [9.17, 15) is 9.59 Å². The first-order valence-corrected chi connectivity index (χ1v) is 9.92. The number of amides is 2. The predicted molar refractivity (Wildman–Crippen MR) is 114 cm³/mol. The van der Waals surface area contributed by atoms with Crippen molar-refractivity contribution in [3.63, 3.8) is 0 Å². The molecule has 2 aromatic carbocycles. The van der Waals surface area contributed by atoms with Crippen molar-refractivity contribution in [3.8, 4) is 11.1 Å². The van der Waals surface area contributed by atoms with E-state index >= 15 is 0 Å². The molecule has 1 aliphatic heterocycles. The molecule has 0 radical (unpaired) electrons. The zero-order valence-corrected chi connectivity index (χ0v) is 17.1. The van der Waals surface area contributed by atoms with Crippen LogP contribution in [-0.4, -0.2) is 28.7 Å². The highest BCUT2D eigenvalue weighted by atomic mass is 35.5. The molecule has 0 saturated heterocycles. The summed E-state index contributed by atoms with van der Waals surface area (Å²) in [6.45, 7) is 0.686. The van der Waals surface area contributed by atoms with Crippen LogP contribution < -0.4 is 10.6 Å². The summed E-state index contributed by atoms with van der Waals surface area (Å²) >= 11 is 6.01. The van der Waals surface area contributed by atoms with Crippen LogP contribution in [0.4, 0.5) is 5.82 Å². The van der Waals surface area contributed by atoms with E-state index in [0.29, 0.717) is 23.1 Å². The van der Waals surface area contributed by atoms with Gasteiger partial charge in [-0.05, 0) is 23.3 Å². The van der Waals surface area contributed by atoms with Gasteiger partial charge in [0.05, 0.1) is 18.7 Å². The fraction of sp³-hybridized carbons (Fsp3) is 0.227. The molecule has 30 heavy (non-hydrogen) atoms. The van der Waals surface area contributed by atoms with Crippen LogP contribution in [0.25, 0.3) is 11.1 Å². The van der Waals surface area contributed by atoms with Crippen LogP contribution in [0.5, 0.6) is 0 Å². The van der Waals surface area contributed by atoms with E-state index in [1.54, 1.807) is 23.9 Å². The molecule has 0 spiro atoms. The fourth-order valence-electron chi connectivity index (χ4n) is 3.52. The first-order valence-electron chi connectivity index (χ1n) is 9.54. The highest BCUT2D eigenvalue weighted by Gasteiger charge is 2.36. The Hall–Kier alpha value is -3.16. The minimum absolute atomic E-state index is 0.000172. The SMILES string of the molecule is COCc1nn2c(c1-c1ccc(Cl)cc1)NC(=O)C2CC(=O)NCc1ccccc1. The molecule has 2 amide bonds. The average Bonchev–Trinajstić information content (AvgIpc) is 3.23. The lowest BCUT2D eigenvalue weighted by Gasteiger charge is -2.10. The Morgan fingerprint density at radius 2 is 1.93 bits per heavy atom. The highest BCUT2D eigenvalue weighted by Crippen LogP contribution is 2.39.